The van der Waals surface area contributed by atoms with E-state index in [-0.39, 0.29) is 12.2 Å². The maximum absolute atomic E-state index is 6.10. The molecule has 156 valence electrons. The van der Waals surface area contributed by atoms with E-state index in [1.807, 2.05) is 0 Å². The Bertz CT molecular complexity index is 356. The highest BCUT2D eigenvalue weighted by Gasteiger charge is 2.49. The molecule has 0 radical (unpaired) electrons. The summed E-state index contributed by atoms with van der Waals surface area (Å²) in [5.41, 5.74) is 0. The van der Waals surface area contributed by atoms with Crippen molar-refractivity contribution >= 4 is 8.80 Å². The van der Waals surface area contributed by atoms with Gasteiger partial charge < -0.3 is 32.5 Å². The molecule has 1 saturated heterocycles. The monoisotopic (exact) mass is 396 g/mol. The average Bonchev–Trinajstić information content (AvgIpc) is 3.50. The molecule has 9 heteroatoms. The van der Waals surface area contributed by atoms with E-state index in [9.17, 15) is 0 Å². The van der Waals surface area contributed by atoms with Crippen LogP contribution in [0.4, 0.5) is 0 Å². The van der Waals surface area contributed by atoms with Gasteiger partial charge in [0.2, 0.25) is 0 Å². The van der Waals surface area contributed by atoms with Crippen molar-refractivity contribution in [1.82, 2.24) is 0 Å². The van der Waals surface area contributed by atoms with Crippen LogP contribution in [0.2, 0.25) is 6.04 Å². The van der Waals surface area contributed by atoms with Gasteiger partial charge in [0.1, 0.15) is 6.10 Å². The summed E-state index contributed by atoms with van der Waals surface area (Å²) < 4.78 is 44.4. The molecule has 1 aliphatic heterocycles. The molecule has 0 spiro atoms. The molecule has 0 bridgehead atoms. The first-order valence-corrected chi connectivity index (χ1v) is 11.2. The molecular weight excluding hydrogens is 360 g/mol. The van der Waals surface area contributed by atoms with Gasteiger partial charge in [-0.2, -0.15) is 0 Å². The molecule has 0 aliphatic carbocycles. The molecule has 1 fully saturated rings. The Hall–Kier alpha value is -0.103. The van der Waals surface area contributed by atoms with Crippen LogP contribution < -0.4 is 0 Å². The lowest BCUT2D eigenvalue weighted by atomic mass is 10.2. The third-order valence-electron chi connectivity index (χ3n) is 4.22. The lowest BCUT2D eigenvalue weighted by Gasteiger charge is -2.36. The van der Waals surface area contributed by atoms with E-state index in [4.69, 9.17) is 37.0 Å². The van der Waals surface area contributed by atoms with Crippen molar-refractivity contribution in [3.63, 3.8) is 0 Å². The second kappa shape index (κ2) is 12.4. The fourth-order valence-corrected chi connectivity index (χ4v) is 5.02. The molecule has 26 heavy (non-hydrogen) atoms. The zero-order valence-corrected chi connectivity index (χ0v) is 18.1. The third kappa shape index (κ3) is 8.28. The van der Waals surface area contributed by atoms with Crippen LogP contribution in [-0.2, 0) is 37.0 Å². The fraction of sp³-hybridized carbons (Fsp3) is 1.00. The molecule has 3 unspecified atom stereocenters. The largest absolute Gasteiger partial charge is 0.506 e. The molecule has 1 aliphatic rings. The molecule has 1 rings (SSSR count). The van der Waals surface area contributed by atoms with Crippen molar-refractivity contribution in [3.05, 3.63) is 0 Å². The van der Waals surface area contributed by atoms with Crippen molar-refractivity contribution < 1.29 is 37.0 Å². The van der Waals surface area contributed by atoms with Crippen molar-refractivity contribution in [2.75, 3.05) is 48.3 Å². The molecule has 0 saturated carbocycles. The summed E-state index contributed by atoms with van der Waals surface area (Å²) in [6.07, 6.45) is 2.45. The number of rotatable bonds is 17. The minimum Gasteiger partial charge on any atom is -0.377 e. The summed E-state index contributed by atoms with van der Waals surface area (Å²) in [5, 5.41) is 0. The van der Waals surface area contributed by atoms with E-state index in [1.54, 1.807) is 7.11 Å². The predicted molar refractivity (Wildman–Crippen MR) is 97.7 cm³/mol. The molecule has 3 atom stereocenters. The number of ether oxygens (including phenoxy) is 5. The zero-order valence-electron chi connectivity index (χ0n) is 17.1. The van der Waals surface area contributed by atoms with Gasteiger partial charge in [0.15, 0.2) is 0 Å². The van der Waals surface area contributed by atoms with E-state index in [1.165, 1.54) is 21.3 Å². The molecular formula is C17H36O8Si. The summed E-state index contributed by atoms with van der Waals surface area (Å²) in [7, 11) is 2.92. The molecule has 1 heterocycles. The van der Waals surface area contributed by atoms with Crippen LogP contribution in [0.1, 0.15) is 39.5 Å². The minimum absolute atomic E-state index is 0.161. The maximum Gasteiger partial charge on any atom is 0.506 e. The molecule has 8 nitrogen and oxygen atoms in total. The highest BCUT2D eigenvalue weighted by molar-refractivity contribution is 6.60. The van der Waals surface area contributed by atoms with Gasteiger partial charge in [-0.3, -0.25) is 4.43 Å². The summed E-state index contributed by atoms with van der Waals surface area (Å²) in [4.78, 5) is 0. The van der Waals surface area contributed by atoms with Crippen molar-refractivity contribution in [3.8, 4) is 0 Å². The van der Waals surface area contributed by atoms with Gasteiger partial charge in [0.25, 0.3) is 0 Å². The standard InChI is InChI=1S/C17H36O8Si/c1-7-8-12-26(21-6,25-17(18-3,19-4)20-5)24-11-9-10-15(2)22-13-16-14-23-16/h15-16H,7-14H2,1-6H3. The van der Waals surface area contributed by atoms with Crippen molar-refractivity contribution in [2.24, 2.45) is 0 Å². The van der Waals surface area contributed by atoms with E-state index < -0.39 is 15.0 Å². The quantitative estimate of drug-likeness (QED) is 0.161. The molecule has 0 aromatic heterocycles. The highest BCUT2D eigenvalue weighted by atomic mass is 28.4. The van der Waals surface area contributed by atoms with Crippen LogP contribution in [0.5, 0.6) is 0 Å². The number of hydrogen-bond acceptors (Lipinski definition) is 8. The van der Waals surface area contributed by atoms with Crippen molar-refractivity contribution in [1.29, 1.82) is 0 Å². The van der Waals surface area contributed by atoms with Crippen LogP contribution in [0.25, 0.3) is 0 Å². The van der Waals surface area contributed by atoms with E-state index in [2.05, 4.69) is 13.8 Å². The highest BCUT2D eigenvalue weighted by Crippen LogP contribution is 2.27. The fourth-order valence-electron chi connectivity index (χ4n) is 2.43. The Balaban J connectivity index is 2.51. The van der Waals surface area contributed by atoms with E-state index in [0.717, 1.165) is 32.3 Å². The van der Waals surface area contributed by atoms with Gasteiger partial charge in [0, 0.05) is 41.1 Å². The Morgan fingerprint density at radius 1 is 1.12 bits per heavy atom. The molecule has 0 aromatic carbocycles. The summed E-state index contributed by atoms with van der Waals surface area (Å²) >= 11 is 0. The number of methoxy groups -OCH3 is 3. The summed E-state index contributed by atoms with van der Waals surface area (Å²) in [6.45, 7) is 6.14. The normalized spacial score (nSPS) is 20.8. The first-order valence-electron chi connectivity index (χ1n) is 9.26. The Morgan fingerprint density at radius 2 is 1.77 bits per heavy atom. The van der Waals surface area contributed by atoms with Gasteiger partial charge in [-0.25, -0.2) is 0 Å². The Labute approximate surface area is 158 Å². The van der Waals surface area contributed by atoms with Crippen LogP contribution in [0.15, 0.2) is 0 Å². The van der Waals surface area contributed by atoms with Crippen LogP contribution in [-0.4, -0.2) is 75.4 Å². The van der Waals surface area contributed by atoms with Gasteiger partial charge >= 0.3 is 15.0 Å². The first-order chi connectivity index (χ1) is 12.5. The van der Waals surface area contributed by atoms with Gasteiger partial charge in [-0.1, -0.05) is 13.3 Å². The summed E-state index contributed by atoms with van der Waals surface area (Å²) in [5.74, 6) is 0. The topological polar surface area (TPSA) is 77.1 Å². The van der Waals surface area contributed by atoms with Gasteiger partial charge in [-0.15, -0.1) is 0 Å². The second-order valence-electron chi connectivity index (χ2n) is 6.30. The lowest BCUT2D eigenvalue weighted by molar-refractivity contribution is -0.460. The van der Waals surface area contributed by atoms with Gasteiger partial charge in [0.05, 0.1) is 19.3 Å². The average molecular weight is 397 g/mol. The smallest absolute Gasteiger partial charge is 0.377 e. The lowest BCUT2D eigenvalue weighted by Crippen LogP contribution is -2.55. The molecule has 0 N–H and O–H groups in total. The predicted octanol–water partition coefficient (Wildman–Crippen LogP) is 2.54. The van der Waals surface area contributed by atoms with Gasteiger partial charge in [-0.05, 0) is 26.2 Å². The Kier molecular flexibility index (Phi) is 11.4. The summed E-state index contributed by atoms with van der Waals surface area (Å²) in [6, 6.07) is 0.656. The molecule has 0 aromatic rings. The minimum atomic E-state index is -3.02. The third-order valence-corrected chi connectivity index (χ3v) is 7.02. The number of hydrogen-bond donors (Lipinski definition) is 0. The first kappa shape index (κ1) is 23.9. The second-order valence-corrected chi connectivity index (χ2v) is 9.06. The zero-order chi connectivity index (χ0) is 19.5. The number of unbranched alkanes of at least 4 members (excludes halogenated alkanes) is 1. The van der Waals surface area contributed by atoms with Crippen LogP contribution in [0.3, 0.4) is 0 Å². The number of epoxide rings is 1. The molecule has 0 amide bonds. The van der Waals surface area contributed by atoms with Crippen LogP contribution >= 0.6 is 0 Å². The van der Waals surface area contributed by atoms with Crippen molar-refractivity contribution in [2.45, 2.75) is 63.9 Å². The maximum atomic E-state index is 6.10. The SMILES string of the molecule is CCCC[Si](OC)(OCCCC(C)OCC1CO1)OC(OC)(OC)OC. The Morgan fingerprint density at radius 3 is 2.27 bits per heavy atom. The van der Waals surface area contributed by atoms with E-state index >= 15 is 0 Å². The van der Waals surface area contributed by atoms with Crippen LogP contribution in [0, 0.1) is 0 Å². The van der Waals surface area contributed by atoms with E-state index in [0.29, 0.717) is 19.3 Å².